The first kappa shape index (κ1) is 19.0. The summed E-state index contributed by atoms with van der Waals surface area (Å²) in [4.78, 5) is 0. The number of aliphatic hydroxyl groups is 3. The lowest BCUT2D eigenvalue weighted by atomic mass is 9.43. The van der Waals surface area contributed by atoms with E-state index in [1.807, 2.05) is 13.0 Å². The smallest absolute Gasteiger partial charge is 0.0933 e. The Kier molecular flexibility index (Phi) is 5.35. The van der Waals surface area contributed by atoms with Gasteiger partial charge in [0.1, 0.15) is 0 Å². The largest absolute Gasteiger partial charge is 0.392 e. The molecule has 0 spiro atoms. The van der Waals surface area contributed by atoms with Crippen LogP contribution in [0.1, 0.15) is 73.1 Å². The predicted molar refractivity (Wildman–Crippen MR) is 94.0 cm³/mol. The number of aliphatic hydroxyl groups excluding tert-OH is 2. The summed E-state index contributed by atoms with van der Waals surface area (Å²) in [5, 5.41) is 30.5. The fourth-order valence-electron chi connectivity index (χ4n) is 5.48. The van der Waals surface area contributed by atoms with Gasteiger partial charge in [-0.1, -0.05) is 32.4 Å². The van der Waals surface area contributed by atoms with Crippen molar-refractivity contribution in [2.45, 2.75) is 84.8 Å². The van der Waals surface area contributed by atoms with E-state index in [4.69, 9.17) is 5.11 Å². The zero-order chi connectivity index (χ0) is 17.5. The van der Waals surface area contributed by atoms with Crippen molar-refractivity contribution >= 4 is 0 Å². The Bertz CT molecular complexity index is 456. The molecule has 0 saturated heterocycles. The zero-order valence-electron chi connectivity index (χ0n) is 15.6. The summed E-state index contributed by atoms with van der Waals surface area (Å²) in [5.41, 5.74) is 0.186. The molecule has 0 radical (unpaired) electrons. The minimum Gasteiger partial charge on any atom is -0.392 e. The molecule has 0 unspecified atom stereocenters. The highest BCUT2D eigenvalue weighted by Crippen LogP contribution is 2.64. The fourth-order valence-corrected chi connectivity index (χ4v) is 5.48. The van der Waals surface area contributed by atoms with Gasteiger partial charge in [0, 0.05) is 5.41 Å². The minimum atomic E-state index is -1.01. The van der Waals surface area contributed by atoms with Gasteiger partial charge in [-0.3, -0.25) is 0 Å². The van der Waals surface area contributed by atoms with Crippen LogP contribution in [-0.2, 0) is 0 Å². The lowest BCUT2D eigenvalue weighted by Crippen LogP contribution is -2.65. The van der Waals surface area contributed by atoms with Gasteiger partial charge in [-0.25, -0.2) is 0 Å². The molecule has 0 aromatic rings. The Morgan fingerprint density at radius 1 is 1.17 bits per heavy atom. The van der Waals surface area contributed by atoms with Gasteiger partial charge in [0.25, 0.3) is 0 Å². The van der Waals surface area contributed by atoms with Gasteiger partial charge in [0.05, 0.1) is 18.3 Å². The quantitative estimate of drug-likeness (QED) is 0.692. The van der Waals surface area contributed by atoms with Gasteiger partial charge >= 0.3 is 0 Å². The second-order valence-corrected chi connectivity index (χ2v) is 8.89. The molecule has 23 heavy (non-hydrogen) atoms. The molecule has 0 aromatic carbocycles. The van der Waals surface area contributed by atoms with Crippen molar-refractivity contribution in [3.63, 3.8) is 0 Å². The van der Waals surface area contributed by atoms with Gasteiger partial charge in [-0.05, 0) is 69.6 Å². The van der Waals surface area contributed by atoms with Crippen LogP contribution >= 0.6 is 0 Å². The Labute approximate surface area is 141 Å². The van der Waals surface area contributed by atoms with E-state index in [1.54, 1.807) is 0 Å². The lowest BCUT2D eigenvalue weighted by Gasteiger charge is -2.64. The lowest BCUT2D eigenvalue weighted by molar-refractivity contribution is -0.235. The molecule has 0 amide bonds. The van der Waals surface area contributed by atoms with Crippen molar-refractivity contribution in [2.75, 3.05) is 6.61 Å². The van der Waals surface area contributed by atoms with Gasteiger partial charge in [-0.15, -0.1) is 0 Å². The van der Waals surface area contributed by atoms with Crippen LogP contribution in [0.25, 0.3) is 0 Å². The van der Waals surface area contributed by atoms with Crippen molar-refractivity contribution in [1.82, 2.24) is 0 Å². The van der Waals surface area contributed by atoms with Gasteiger partial charge in [0.2, 0.25) is 0 Å². The highest BCUT2D eigenvalue weighted by atomic mass is 16.3. The molecule has 0 aromatic heterocycles. The van der Waals surface area contributed by atoms with Crippen LogP contribution in [0.5, 0.6) is 0 Å². The molecule has 2 rings (SSSR count). The van der Waals surface area contributed by atoms with Gasteiger partial charge in [-0.2, -0.15) is 0 Å². The van der Waals surface area contributed by atoms with E-state index in [-0.39, 0.29) is 17.4 Å². The first-order valence-electron chi connectivity index (χ1n) is 9.26. The molecular weight excluding hydrogens is 288 g/mol. The van der Waals surface area contributed by atoms with Crippen molar-refractivity contribution in [3.8, 4) is 0 Å². The summed E-state index contributed by atoms with van der Waals surface area (Å²) < 4.78 is 0. The average Bonchev–Trinajstić information content (AvgIpc) is 2.48. The molecule has 2 aliphatic rings. The van der Waals surface area contributed by atoms with Crippen LogP contribution in [0.2, 0.25) is 0 Å². The molecular formula is C20H36O3. The summed E-state index contributed by atoms with van der Waals surface area (Å²) in [6, 6.07) is 0. The second kappa shape index (κ2) is 6.50. The molecule has 3 nitrogen and oxygen atoms in total. The molecule has 3 heteroatoms. The fraction of sp³-hybridized carbons (Fsp3) is 0.900. The third kappa shape index (κ3) is 3.01. The van der Waals surface area contributed by atoms with Crippen LogP contribution in [0.15, 0.2) is 11.6 Å². The van der Waals surface area contributed by atoms with Crippen molar-refractivity contribution in [1.29, 1.82) is 0 Å². The number of hydrogen-bond donors (Lipinski definition) is 3. The Hall–Kier alpha value is -0.380. The van der Waals surface area contributed by atoms with Gasteiger partial charge < -0.3 is 15.3 Å². The van der Waals surface area contributed by atoms with E-state index in [0.29, 0.717) is 18.3 Å². The van der Waals surface area contributed by atoms with Crippen LogP contribution in [0.3, 0.4) is 0 Å². The SMILES string of the molecule is C/C(=C\CO)CC[C@@]1(C)[C@H](C)CC[C@]2(C)[C@@H]1CC[C@@H](O)[C@]2(C)O. The summed E-state index contributed by atoms with van der Waals surface area (Å²) in [6.45, 7) is 11.0. The maximum Gasteiger partial charge on any atom is 0.0933 e. The van der Waals surface area contributed by atoms with Gasteiger partial charge in [0.15, 0.2) is 0 Å². The first-order valence-corrected chi connectivity index (χ1v) is 9.26. The number of rotatable bonds is 4. The molecule has 3 N–H and O–H groups in total. The predicted octanol–water partition coefficient (Wildman–Crippen LogP) is 3.67. The summed E-state index contributed by atoms with van der Waals surface area (Å²) >= 11 is 0. The molecule has 0 bridgehead atoms. The Morgan fingerprint density at radius 3 is 2.43 bits per heavy atom. The third-order valence-electron chi connectivity index (χ3n) is 7.82. The second-order valence-electron chi connectivity index (χ2n) is 8.89. The van der Waals surface area contributed by atoms with Crippen LogP contribution < -0.4 is 0 Å². The molecule has 2 aliphatic carbocycles. The Morgan fingerprint density at radius 2 is 1.83 bits per heavy atom. The van der Waals surface area contributed by atoms with Crippen LogP contribution in [-0.4, -0.2) is 33.6 Å². The Balaban J connectivity index is 2.29. The monoisotopic (exact) mass is 324 g/mol. The van der Waals surface area contributed by atoms with E-state index < -0.39 is 11.7 Å². The molecule has 0 aliphatic heterocycles. The number of allylic oxidation sites excluding steroid dienone is 1. The standard InChI is InChI=1S/C20H36O3/c1-14(10-13-21)8-11-18(3)15(2)9-12-19(4)16(18)6-7-17(22)20(19,5)23/h10,15-17,21-23H,6-9,11-13H2,1-5H3/b14-10+/t15-,16-,17-,18+,19-,20+/m1/s1. The molecule has 134 valence electrons. The van der Waals surface area contributed by atoms with Crippen LogP contribution in [0, 0.1) is 22.7 Å². The minimum absolute atomic E-state index is 0.111. The maximum absolute atomic E-state index is 11.1. The molecule has 0 heterocycles. The maximum atomic E-state index is 11.1. The first-order chi connectivity index (χ1) is 10.6. The zero-order valence-corrected chi connectivity index (χ0v) is 15.6. The molecule has 6 atom stereocenters. The van der Waals surface area contributed by atoms with E-state index in [9.17, 15) is 10.2 Å². The van der Waals surface area contributed by atoms with Crippen molar-refractivity contribution < 1.29 is 15.3 Å². The third-order valence-corrected chi connectivity index (χ3v) is 7.82. The summed E-state index contributed by atoms with van der Waals surface area (Å²) in [7, 11) is 0. The summed E-state index contributed by atoms with van der Waals surface area (Å²) in [5.74, 6) is 1.05. The molecule has 2 saturated carbocycles. The van der Waals surface area contributed by atoms with Crippen molar-refractivity contribution in [2.24, 2.45) is 22.7 Å². The van der Waals surface area contributed by atoms with E-state index >= 15 is 0 Å². The van der Waals surface area contributed by atoms with Crippen molar-refractivity contribution in [3.05, 3.63) is 11.6 Å². The number of hydrogen-bond acceptors (Lipinski definition) is 3. The number of fused-ring (bicyclic) bond motifs is 1. The van der Waals surface area contributed by atoms with E-state index in [0.717, 1.165) is 32.1 Å². The molecule has 2 fully saturated rings. The topological polar surface area (TPSA) is 60.7 Å². The average molecular weight is 325 g/mol. The van der Waals surface area contributed by atoms with E-state index in [2.05, 4.69) is 27.7 Å². The highest BCUT2D eigenvalue weighted by molar-refractivity contribution is 5.13. The normalized spacial score (nSPS) is 48.2. The highest BCUT2D eigenvalue weighted by Gasteiger charge is 2.62. The van der Waals surface area contributed by atoms with Crippen LogP contribution in [0.4, 0.5) is 0 Å². The van der Waals surface area contributed by atoms with E-state index in [1.165, 1.54) is 5.57 Å². The summed E-state index contributed by atoms with van der Waals surface area (Å²) in [6.07, 6.45) is 7.16.